The summed E-state index contributed by atoms with van der Waals surface area (Å²) in [5, 5.41) is 14.0. The Kier molecular flexibility index (Phi) is 3.40. The van der Waals surface area contributed by atoms with E-state index in [-0.39, 0.29) is 23.0 Å². The molecule has 8 nitrogen and oxygen atoms in total. The van der Waals surface area contributed by atoms with E-state index in [9.17, 15) is 10.1 Å². The van der Waals surface area contributed by atoms with Crippen molar-refractivity contribution in [3.8, 4) is 0 Å². The highest BCUT2D eigenvalue weighted by Crippen LogP contribution is 2.57. The van der Waals surface area contributed by atoms with E-state index in [2.05, 4.69) is 15.3 Å². The molecule has 2 aliphatic rings. The fourth-order valence-corrected chi connectivity index (χ4v) is 3.40. The van der Waals surface area contributed by atoms with Crippen LogP contribution in [-0.2, 0) is 4.74 Å². The van der Waals surface area contributed by atoms with Crippen LogP contribution >= 0.6 is 0 Å². The van der Waals surface area contributed by atoms with Gasteiger partial charge in [0.2, 0.25) is 11.8 Å². The van der Waals surface area contributed by atoms with Crippen molar-refractivity contribution < 1.29 is 9.66 Å². The first-order valence-corrected chi connectivity index (χ1v) is 7.22. The van der Waals surface area contributed by atoms with Crippen molar-refractivity contribution in [3.63, 3.8) is 0 Å². The molecular weight excluding hydrogens is 274 g/mol. The van der Waals surface area contributed by atoms with Gasteiger partial charge in [0.1, 0.15) is 6.20 Å². The Hall–Kier alpha value is -1.96. The Balaban J connectivity index is 1.70. The zero-order valence-corrected chi connectivity index (χ0v) is 11.9. The van der Waals surface area contributed by atoms with Crippen molar-refractivity contribution in [3.05, 3.63) is 16.3 Å². The summed E-state index contributed by atoms with van der Waals surface area (Å²) in [6.07, 6.45) is 5.84. The van der Waals surface area contributed by atoms with Crippen LogP contribution in [0.4, 0.5) is 17.5 Å². The molecular formula is C13H19N5O3. The fraction of sp³-hybridized carbons (Fsp3) is 0.692. The van der Waals surface area contributed by atoms with Gasteiger partial charge in [0.05, 0.1) is 11.0 Å². The van der Waals surface area contributed by atoms with Gasteiger partial charge in [-0.3, -0.25) is 10.1 Å². The summed E-state index contributed by atoms with van der Waals surface area (Å²) in [6, 6.07) is 0.253. The normalized spacial score (nSPS) is 26.0. The van der Waals surface area contributed by atoms with Crippen LogP contribution in [0, 0.1) is 15.5 Å². The van der Waals surface area contributed by atoms with E-state index in [0.29, 0.717) is 12.1 Å². The smallest absolute Gasteiger partial charge is 0.329 e. The molecule has 1 aromatic heterocycles. The summed E-state index contributed by atoms with van der Waals surface area (Å²) in [6.45, 7) is 2.73. The lowest BCUT2D eigenvalue weighted by molar-refractivity contribution is -0.384. The van der Waals surface area contributed by atoms with Crippen LogP contribution in [0.2, 0.25) is 0 Å². The lowest BCUT2D eigenvalue weighted by Gasteiger charge is -2.60. The molecule has 0 aliphatic heterocycles. The Morgan fingerprint density at radius 2 is 2.38 bits per heavy atom. The van der Waals surface area contributed by atoms with Crippen LogP contribution in [0.1, 0.15) is 32.6 Å². The summed E-state index contributed by atoms with van der Waals surface area (Å²) < 4.78 is 5.78. The molecule has 114 valence electrons. The summed E-state index contributed by atoms with van der Waals surface area (Å²) in [5.74, 6) is 0.241. The lowest BCUT2D eigenvalue weighted by atomic mass is 9.51. The molecule has 0 amide bonds. The summed E-state index contributed by atoms with van der Waals surface area (Å²) in [5.41, 5.74) is 5.50. The van der Waals surface area contributed by atoms with E-state index >= 15 is 0 Å². The number of nitro groups is 1. The maximum atomic E-state index is 10.7. The Morgan fingerprint density at radius 3 is 2.90 bits per heavy atom. The molecule has 0 unspecified atom stereocenters. The van der Waals surface area contributed by atoms with Gasteiger partial charge in [-0.15, -0.1) is 0 Å². The Bertz CT molecular complexity index is 561. The minimum Gasteiger partial charge on any atom is -0.378 e. The number of hydrogen-bond acceptors (Lipinski definition) is 7. The van der Waals surface area contributed by atoms with Crippen molar-refractivity contribution in [1.29, 1.82) is 0 Å². The highest BCUT2D eigenvalue weighted by atomic mass is 16.6. The third kappa shape index (κ3) is 2.19. The SMILES string of the molecule is CCO[C@@H]1C[C@H](Nc2ncc([N+](=O)[O-])c(N)n2)C12CCC2. The van der Waals surface area contributed by atoms with E-state index in [0.717, 1.165) is 32.1 Å². The molecule has 0 bridgehead atoms. The van der Waals surface area contributed by atoms with E-state index in [1.165, 1.54) is 6.42 Å². The van der Waals surface area contributed by atoms with Gasteiger partial charge in [-0.1, -0.05) is 6.42 Å². The van der Waals surface area contributed by atoms with Crippen LogP contribution in [0.3, 0.4) is 0 Å². The molecule has 3 N–H and O–H groups in total. The van der Waals surface area contributed by atoms with Crippen molar-refractivity contribution in [2.75, 3.05) is 17.7 Å². The summed E-state index contributed by atoms with van der Waals surface area (Å²) in [4.78, 5) is 18.1. The second-order valence-electron chi connectivity index (χ2n) is 5.68. The topological polar surface area (TPSA) is 116 Å². The molecule has 8 heteroatoms. The largest absolute Gasteiger partial charge is 0.378 e. The maximum absolute atomic E-state index is 10.7. The van der Waals surface area contributed by atoms with Gasteiger partial charge < -0.3 is 15.8 Å². The van der Waals surface area contributed by atoms with Crippen LogP contribution in [0.25, 0.3) is 0 Å². The first-order valence-electron chi connectivity index (χ1n) is 7.22. The molecule has 2 atom stereocenters. The van der Waals surface area contributed by atoms with Gasteiger partial charge in [0.15, 0.2) is 0 Å². The molecule has 3 rings (SSSR count). The van der Waals surface area contributed by atoms with Crippen LogP contribution < -0.4 is 11.1 Å². The molecule has 1 heterocycles. The lowest BCUT2D eigenvalue weighted by Crippen LogP contribution is -2.64. The van der Waals surface area contributed by atoms with E-state index < -0.39 is 4.92 Å². The molecule has 1 aromatic rings. The van der Waals surface area contributed by atoms with Crippen molar-refractivity contribution in [2.24, 2.45) is 5.41 Å². The monoisotopic (exact) mass is 293 g/mol. The van der Waals surface area contributed by atoms with E-state index in [1.807, 2.05) is 6.92 Å². The first-order chi connectivity index (χ1) is 10.1. The van der Waals surface area contributed by atoms with E-state index in [4.69, 9.17) is 10.5 Å². The van der Waals surface area contributed by atoms with Crippen LogP contribution in [-0.4, -0.2) is 33.6 Å². The maximum Gasteiger partial charge on any atom is 0.329 e. The van der Waals surface area contributed by atoms with Crippen molar-refractivity contribution >= 4 is 17.5 Å². The minimum atomic E-state index is -0.582. The summed E-state index contributed by atoms with van der Waals surface area (Å²) >= 11 is 0. The van der Waals surface area contributed by atoms with Gasteiger partial charge in [-0.05, 0) is 26.2 Å². The summed E-state index contributed by atoms with van der Waals surface area (Å²) in [7, 11) is 0. The molecule has 1 spiro atoms. The Morgan fingerprint density at radius 1 is 1.62 bits per heavy atom. The van der Waals surface area contributed by atoms with Crippen LogP contribution in [0.15, 0.2) is 6.20 Å². The standard InChI is InChI=1S/C13H19N5O3/c1-2-21-10-6-9(13(10)4-3-5-13)16-12-15-7-8(18(19)20)11(14)17-12/h7,9-10H,2-6H2,1H3,(H3,14,15,16,17)/t9-,10+/m0/s1. The molecule has 0 aromatic carbocycles. The number of rotatable bonds is 5. The second-order valence-corrected chi connectivity index (χ2v) is 5.68. The molecule has 0 radical (unpaired) electrons. The predicted octanol–water partition coefficient (Wildman–Crippen LogP) is 1.73. The molecule has 2 fully saturated rings. The van der Waals surface area contributed by atoms with Gasteiger partial charge in [-0.2, -0.15) is 4.98 Å². The Labute approximate surface area is 122 Å². The number of nitrogens with two attached hydrogens (primary N) is 1. The fourth-order valence-electron chi connectivity index (χ4n) is 3.40. The molecule has 2 aliphatic carbocycles. The number of nitrogens with one attached hydrogen (secondary N) is 1. The molecule has 0 saturated heterocycles. The van der Waals surface area contributed by atoms with E-state index in [1.54, 1.807) is 0 Å². The average Bonchev–Trinajstić information content (AvgIpc) is 2.35. The minimum absolute atomic E-state index is 0.110. The third-order valence-corrected chi connectivity index (χ3v) is 4.74. The first kappa shape index (κ1) is 14.0. The van der Waals surface area contributed by atoms with Crippen LogP contribution in [0.5, 0.6) is 0 Å². The van der Waals surface area contributed by atoms with Gasteiger partial charge in [0.25, 0.3) is 0 Å². The quantitative estimate of drug-likeness (QED) is 0.627. The van der Waals surface area contributed by atoms with Crippen molar-refractivity contribution in [1.82, 2.24) is 9.97 Å². The number of hydrogen-bond donors (Lipinski definition) is 2. The number of aromatic nitrogens is 2. The predicted molar refractivity (Wildman–Crippen MR) is 76.8 cm³/mol. The van der Waals surface area contributed by atoms with Gasteiger partial charge in [0, 0.05) is 18.1 Å². The zero-order chi connectivity index (χ0) is 15.0. The van der Waals surface area contributed by atoms with Gasteiger partial charge in [-0.25, -0.2) is 4.98 Å². The highest BCUT2D eigenvalue weighted by Gasteiger charge is 2.59. The average molecular weight is 293 g/mol. The number of ether oxygens (including phenoxy) is 1. The molecule has 21 heavy (non-hydrogen) atoms. The number of nitrogen functional groups attached to an aromatic ring is 1. The third-order valence-electron chi connectivity index (χ3n) is 4.74. The van der Waals surface area contributed by atoms with Crippen molar-refractivity contribution in [2.45, 2.75) is 44.8 Å². The number of nitrogens with zero attached hydrogens (tertiary/aromatic N) is 3. The number of anilines is 2. The second kappa shape index (κ2) is 5.10. The zero-order valence-electron chi connectivity index (χ0n) is 11.9. The molecule has 2 saturated carbocycles. The van der Waals surface area contributed by atoms with Gasteiger partial charge >= 0.3 is 5.69 Å². The highest BCUT2D eigenvalue weighted by molar-refractivity contribution is 5.53.